The zero-order valence-electron chi connectivity index (χ0n) is 15.5. The van der Waals surface area contributed by atoms with Gasteiger partial charge in [-0.2, -0.15) is 0 Å². The van der Waals surface area contributed by atoms with Gasteiger partial charge in [0.15, 0.2) is 0 Å². The molecule has 3 rings (SSSR count). The van der Waals surface area contributed by atoms with E-state index in [4.69, 9.17) is 9.47 Å². The lowest BCUT2D eigenvalue weighted by atomic mass is 10.1. The van der Waals surface area contributed by atoms with Crippen LogP contribution in [0.2, 0.25) is 0 Å². The lowest BCUT2D eigenvalue weighted by Gasteiger charge is -2.09. The molecule has 1 amide bonds. The maximum atomic E-state index is 12.4. The highest BCUT2D eigenvalue weighted by atomic mass is 16.6. The van der Waals surface area contributed by atoms with Crippen LogP contribution in [0.5, 0.6) is 5.88 Å². The molecule has 2 N–H and O–H groups in total. The number of nitrogens with one attached hydrogen (secondary N) is 2. The van der Waals surface area contributed by atoms with Gasteiger partial charge >= 0.3 is 0 Å². The van der Waals surface area contributed by atoms with Crippen LogP contribution in [0, 0.1) is 10.1 Å². The van der Waals surface area contributed by atoms with Crippen molar-refractivity contribution in [3.05, 3.63) is 57.8 Å². The first-order valence-electron chi connectivity index (χ1n) is 8.96. The molecule has 1 saturated carbocycles. The fourth-order valence-corrected chi connectivity index (χ4v) is 2.51. The molecule has 1 aliphatic rings. The molecule has 9 heteroatoms. The van der Waals surface area contributed by atoms with Crippen molar-refractivity contribution in [2.24, 2.45) is 0 Å². The SMILES string of the molecule is COCCOc1ccc(CNC(=O)c2ccc(NC3CC3)c([N+](=O)[O-])c2)cn1. The fourth-order valence-electron chi connectivity index (χ4n) is 2.51. The molecule has 0 radical (unpaired) electrons. The molecule has 1 aromatic carbocycles. The number of amides is 1. The molecule has 28 heavy (non-hydrogen) atoms. The summed E-state index contributed by atoms with van der Waals surface area (Å²) in [6.45, 7) is 1.13. The number of benzene rings is 1. The van der Waals surface area contributed by atoms with E-state index in [-0.39, 0.29) is 29.7 Å². The van der Waals surface area contributed by atoms with Gasteiger partial charge in [-0.15, -0.1) is 0 Å². The smallest absolute Gasteiger partial charge is 0.293 e. The van der Waals surface area contributed by atoms with Crippen LogP contribution < -0.4 is 15.4 Å². The second-order valence-corrected chi connectivity index (χ2v) is 6.44. The third-order valence-corrected chi connectivity index (χ3v) is 4.18. The quantitative estimate of drug-likeness (QED) is 0.366. The Morgan fingerprint density at radius 3 is 2.75 bits per heavy atom. The van der Waals surface area contributed by atoms with Crippen LogP contribution in [0.4, 0.5) is 11.4 Å². The molecule has 0 bridgehead atoms. The number of rotatable bonds is 10. The molecule has 0 unspecified atom stereocenters. The Morgan fingerprint density at radius 1 is 1.29 bits per heavy atom. The molecular formula is C19H22N4O5. The average Bonchev–Trinajstić information content (AvgIpc) is 3.51. The Bertz CT molecular complexity index is 837. The van der Waals surface area contributed by atoms with E-state index in [2.05, 4.69) is 15.6 Å². The van der Waals surface area contributed by atoms with E-state index in [9.17, 15) is 14.9 Å². The number of methoxy groups -OCH3 is 1. The standard InChI is InChI=1S/C19H22N4O5/c1-27-8-9-28-18-7-2-13(11-20-18)12-21-19(24)14-3-6-16(22-15-4-5-15)17(10-14)23(25)26/h2-3,6-7,10-11,15,22H,4-5,8-9,12H2,1H3,(H,21,24). The van der Waals surface area contributed by atoms with E-state index < -0.39 is 4.92 Å². The summed E-state index contributed by atoms with van der Waals surface area (Å²) in [4.78, 5) is 27.4. The van der Waals surface area contributed by atoms with Gasteiger partial charge in [0.25, 0.3) is 11.6 Å². The van der Waals surface area contributed by atoms with Crippen LogP contribution in [-0.2, 0) is 11.3 Å². The van der Waals surface area contributed by atoms with Crippen molar-refractivity contribution in [3.63, 3.8) is 0 Å². The number of nitro benzene ring substituents is 1. The van der Waals surface area contributed by atoms with Crippen molar-refractivity contribution in [2.75, 3.05) is 25.6 Å². The van der Waals surface area contributed by atoms with E-state index in [1.165, 1.54) is 6.07 Å². The molecule has 0 spiro atoms. The number of carbonyl (C=O) groups is 1. The van der Waals surface area contributed by atoms with Crippen molar-refractivity contribution in [2.45, 2.75) is 25.4 Å². The summed E-state index contributed by atoms with van der Waals surface area (Å²) in [5.41, 5.74) is 1.37. The number of carbonyl (C=O) groups excluding carboxylic acids is 1. The number of nitrogens with zero attached hydrogens (tertiary/aromatic N) is 2. The predicted octanol–water partition coefficient (Wildman–Crippen LogP) is 2.52. The normalized spacial score (nSPS) is 13.0. The van der Waals surface area contributed by atoms with Crippen molar-refractivity contribution in [3.8, 4) is 5.88 Å². The molecule has 9 nitrogen and oxygen atoms in total. The summed E-state index contributed by atoms with van der Waals surface area (Å²) >= 11 is 0. The van der Waals surface area contributed by atoms with Crippen molar-refractivity contribution in [1.29, 1.82) is 0 Å². The number of nitro groups is 1. The van der Waals surface area contributed by atoms with Gasteiger partial charge in [-0.3, -0.25) is 14.9 Å². The minimum atomic E-state index is -0.478. The van der Waals surface area contributed by atoms with E-state index in [0.717, 1.165) is 18.4 Å². The lowest BCUT2D eigenvalue weighted by Crippen LogP contribution is -2.23. The summed E-state index contributed by atoms with van der Waals surface area (Å²) in [5.74, 6) is 0.0861. The van der Waals surface area contributed by atoms with Gasteiger partial charge in [0.05, 0.1) is 11.5 Å². The Hall–Kier alpha value is -3.20. The second-order valence-electron chi connectivity index (χ2n) is 6.44. The molecule has 0 saturated heterocycles. The van der Waals surface area contributed by atoms with E-state index in [1.807, 2.05) is 0 Å². The maximum absolute atomic E-state index is 12.4. The van der Waals surface area contributed by atoms with Crippen molar-refractivity contribution >= 4 is 17.3 Å². The molecule has 148 valence electrons. The molecule has 1 fully saturated rings. The van der Waals surface area contributed by atoms with E-state index >= 15 is 0 Å². The number of hydrogen-bond acceptors (Lipinski definition) is 7. The highest BCUT2D eigenvalue weighted by Crippen LogP contribution is 2.31. The predicted molar refractivity (Wildman–Crippen MR) is 103 cm³/mol. The first-order chi connectivity index (χ1) is 13.6. The Morgan fingerprint density at radius 2 is 2.11 bits per heavy atom. The molecule has 1 aliphatic carbocycles. The third kappa shape index (κ3) is 5.40. The van der Waals surface area contributed by atoms with Gasteiger partial charge in [-0.1, -0.05) is 6.07 Å². The molecular weight excluding hydrogens is 364 g/mol. The molecule has 1 heterocycles. The van der Waals surface area contributed by atoms with Gasteiger partial charge < -0.3 is 20.1 Å². The van der Waals surface area contributed by atoms with Crippen molar-refractivity contribution in [1.82, 2.24) is 10.3 Å². The van der Waals surface area contributed by atoms with Gasteiger partial charge in [0, 0.05) is 43.6 Å². The zero-order chi connectivity index (χ0) is 19.9. The highest BCUT2D eigenvalue weighted by Gasteiger charge is 2.25. The fraction of sp³-hybridized carbons (Fsp3) is 0.368. The number of ether oxygens (including phenoxy) is 2. The van der Waals surface area contributed by atoms with Crippen LogP contribution in [0.15, 0.2) is 36.5 Å². The Labute approximate surface area is 162 Å². The Balaban J connectivity index is 1.58. The van der Waals surface area contributed by atoms with Gasteiger partial charge in [0.2, 0.25) is 5.88 Å². The minimum Gasteiger partial charge on any atom is -0.475 e. The topological polar surface area (TPSA) is 116 Å². The average molecular weight is 386 g/mol. The summed E-state index contributed by atoms with van der Waals surface area (Å²) in [5, 5.41) is 17.2. The van der Waals surface area contributed by atoms with Crippen LogP contribution in [-0.4, -0.2) is 42.2 Å². The lowest BCUT2D eigenvalue weighted by molar-refractivity contribution is -0.384. The number of pyridine rings is 1. The number of hydrogen-bond donors (Lipinski definition) is 2. The highest BCUT2D eigenvalue weighted by molar-refractivity contribution is 5.95. The first-order valence-corrected chi connectivity index (χ1v) is 8.96. The maximum Gasteiger partial charge on any atom is 0.293 e. The van der Waals surface area contributed by atoms with E-state index in [1.54, 1.807) is 37.6 Å². The number of aromatic nitrogens is 1. The third-order valence-electron chi connectivity index (χ3n) is 4.18. The minimum absolute atomic E-state index is 0.0984. The van der Waals surface area contributed by atoms with Gasteiger partial charge in [-0.05, 0) is 30.5 Å². The number of anilines is 1. The second kappa shape index (κ2) is 9.14. The van der Waals surface area contributed by atoms with Gasteiger partial charge in [-0.25, -0.2) is 4.98 Å². The summed E-state index contributed by atoms with van der Waals surface area (Å²) < 4.78 is 10.3. The summed E-state index contributed by atoms with van der Waals surface area (Å²) in [6.07, 6.45) is 3.61. The Kier molecular flexibility index (Phi) is 6.38. The largest absolute Gasteiger partial charge is 0.475 e. The van der Waals surface area contributed by atoms with Crippen LogP contribution in [0.25, 0.3) is 0 Å². The molecule has 2 aromatic rings. The van der Waals surface area contributed by atoms with Crippen LogP contribution in [0.1, 0.15) is 28.8 Å². The van der Waals surface area contributed by atoms with E-state index in [0.29, 0.717) is 24.8 Å². The molecule has 0 aliphatic heterocycles. The zero-order valence-corrected chi connectivity index (χ0v) is 15.5. The van der Waals surface area contributed by atoms with Crippen molar-refractivity contribution < 1.29 is 19.2 Å². The molecule has 0 atom stereocenters. The molecule has 1 aromatic heterocycles. The monoisotopic (exact) mass is 386 g/mol. The van der Waals surface area contributed by atoms with Gasteiger partial charge in [0.1, 0.15) is 12.3 Å². The van der Waals surface area contributed by atoms with Crippen LogP contribution in [0.3, 0.4) is 0 Å². The summed E-state index contributed by atoms with van der Waals surface area (Å²) in [6, 6.07) is 8.25. The first kappa shape index (κ1) is 19.6. The van der Waals surface area contributed by atoms with Crippen LogP contribution >= 0.6 is 0 Å². The summed E-state index contributed by atoms with van der Waals surface area (Å²) in [7, 11) is 1.59.